The molecule has 3 aromatic rings. The predicted octanol–water partition coefficient (Wildman–Crippen LogP) is 6.46. The van der Waals surface area contributed by atoms with Crippen LogP contribution in [0.2, 0.25) is 5.02 Å². The Kier molecular flexibility index (Phi) is 9.27. The summed E-state index contributed by atoms with van der Waals surface area (Å²) in [5.41, 5.74) is 0.197. The molecule has 1 aliphatic heterocycles. The normalized spacial score (nSPS) is 16.9. The molecule has 40 heavy (non-hydrogen) atoms. The summed E-state index contributed by atoms with van der Waals surface area (Å²) in [6, 6.07) is 9.79. The molecule has 0 bridgehead atoms. The summed E-state index contributed by atoms with van der Waals surface area (Å²) >= 11 is 5.93. The van der Waals surface area contributed by atoms with E-state index in [1.807, 2.05) is 0 Å². The van der Waals surface area contributed by atoms with Crippen molar-refractivity contribution in [3.05, 3.63) is 94.3 Å². The minimum Gasteiger partial charge on any atom is -0.465 e. The second-order valence-electron chi connectivity index (χ2n) is 9.52. The molecule has 1 heterocycles. The molecule has 12 heteroatoms. The van der Waals surface area contributed by atoms with Crippen LogP contribution < -0.4 is 9.62 Å². The molecule has 1 amide bonds. The van der Waals surface area contributed by atoms with Crippen molar-refractivity contribution >= 4 is 33.4 Å². The summed E-state index contributed by atoms with van der Waals surface area (Å²) in [6.07, 6.45) is 0.245. The van der Waals surface area contributed by atoms with Crippen LogP contribution in [0.3, 0.4) is 0 Å². The Morgan fingerprint density at radius 3 is 2.42 bits per heavy atom. The van der Waals surface area contributed by atoms with Gasteiger partial charge < -0.3 is 15.2 Å². The number of nitrogens with one attached hydrogen (secondary N) is 1. The number of hydrogen-bond donors (Lipinski definition) is 2. The van der Waals surface area contributed by atoms with Crippen molar-refractivity contribution in [3.63, 3.8) is 0 Å². The number of halogens is 4. The van der Waals surface area contributed by atoms with Gasteiger partial charge in [-0.2, -0.15) is 0 Å². The molecule has 0 aromatic heterocycles. The minimum absolute atomic E-state index is 0.155. The lowest BCUT2D eigenvalue weighted by Crippen LogP contribution is -2.42. The number of amides is 1. The molecule has 0 radical (unpaired) electrons. The molecule has 4 rings (SSSR count). The Labute approximate surface area is 235 Å². The summed E-state index contributed by atoms with van der Waals surface area (Å²) in [4.78, 5) is 11.2. The lowest BCUT2D eigenvalue weighted by atomic mass is 9.93. The van der Waals surface area contributed by atoms with E-state index in [2.05, 4.69) is 5.32 Å². The molecule has 3 aromatic carbocycles. The first-order valence-electron chi connectivity index (χ1n) is 12.6. The zero-order chi connectivity index (χ0) is 29.0. The lowest BCUT2D eigenvalue weighted by molar-refractivity contribution is 0.0743. The highest BCUT2D eigenvalue weighted by atomic mass is 35.5. The highest BCUT2D eigenvalue weighted by Crippen LogP contribution is 2.37. The number of rotatable bonds is 10. The first-order valence-corrected chi connectivity index (χ1v) is 14.4. The van der Waals surface area contributed by atoms with Crippen molar-refractivity contribution in [2.24, 2.45) is 0 Å². The number of ether oxygens (including phenoxy) is 1. The molecule has 214 valence electrons. The quantitative estimate of drug-likeness (QED) is 0.280. The zero-order valence-electron chi connectivity index (χ0n) is 21.5. The molecular formula is C28H28ClF3N2O5S. The Bertz CT molecular complexity index is 1470. The van der Waals surface area contributed by atoms with Crippen molar-refractivity contribution in [2.45, 2.75) is 55.7 Å². The van der Waals surface area contributed by atoms with E-state index in [0.29, 0.717) is 24.2 Å². The van der Waals surface area contributed by atoms with Gasteiger partial charge in [0.15, 0.2) is 0 Å². The third-order valence-corrected chi connectivity index (χ3v) is 9.02. The monoisotopic (exact) mass is 596 g/mol. The van der Waals surface area contributed by atoms with Crippen LogP contribution in [0.1, 0.15) is 43.4 Å². The zero-order valence-corrected chi connectivity index (χ0v) is 23.1. The van der Waals surface area contributed by atoms with Gasteiger partial charge in [0.1, 0.15) is 17.5 Å². The third-order valence-electron chi connectivity index (χ3n) is 6.87. The molecule has 2 N–H and O–H groups in total. The second-order valence-corrected chi connectivity index (χ2v) is 11.8. The van der Waals surface area contributed by atoms with Gasteiger partial charge in [0.25, 0.3) is 10.0 Å². The average molecular weight is 597 g/mol. The average Bonchev–Trinajstić information content (AvgIpc) is 3.43. The van der Waals surface area contributed by atoms with Crippen LogP contribution in [0, 0.1) is 17.5 Å². The van der Waals surface area contributed by atoms with Crippen molar-refractivity contribution in [1.82, 2.24) is 5.32 Å². The number of carboxylic acid groups (broad SMARTS) is 1. The van der Waals surface area contributed by atoms with Crippen molar-refractivity contribution in [1.29, 1.82) is 0 Å². The number of aryl methyl sites for hydroxylation is 1. The van der Waals surface area contributed by atoms with Crippen LogP contribution in [-0.2, 0) is 21.2 Å². The van der Waals surface area contributed by atoms with Gasteiger partial charge in [-0.05, 0) is 92.3 Å². The van der Waals surface area contributed by atoms with Crippen LogP contribution >= 0.6 is 11.6 Å². The Morgan fingerprint density at radius 1 is 1.10 bits per heavy atom. The molecule has 7 nitrogen and oxygen atoms in total. The molecular weight excluding hydrogens is 569 g/mol. The topological polar surface area (TPSA) is 95.9 Å². The Hall–Kier alpha value is -3.28. The van der Waals surface area contributed by atoms with E-state index in [0.717, 1.165) is 35.0 Å². The van der Waals surface area contributed by atoms with E-state index in [9.17, 15) is 27.1 Å². The number of benzene rings is 3. The van der Waals surface area contributed by atoms with Gasteiger partial charge in [0.2, 0.25) is 0 Å². The molecule has 3 atom stereocenters. The van der Waals surface area contributed by atoms with Crippen LogP contribution in [0.25, 0.3) is 0 Å². The van der Waals surface area contributed by atoms with Crippen molar-refractivity contribution in [3.8, 4) is 0 Å². The third kappa shape index (κ3) is 6.71. The van der Waals surface area contributed by atoms with Crippen molar-refractivity contribution < 1.29 is 36.2 Å². The number of carbonyl (C=O) groups is 1. The minimum atomic E-state index is -4.48. The van der Waals surface area contributed by atoms with Gasteiger partial charge >= 0.3 is 6.09 Å². The predicted molar refractivity (Wildman–Crippen MR) is 145 cm³/mol. The molecule has 0 aliphatic carbocycles. The SMILES string of the molecule is C[C@H](c1ccc(F)cc1CCC(NC(=O)O)C1CCCO1)N(c1cc(F)ccc1F)S(=O)(=O)c1ccc(Cl)cc1. The summed E-state index contributed by atoms with van der Waals surface area (Å²) in [6.45, 7) is 1.99. The highest BCUT2D eigenvalue weighted by molar-refractivity contribution is 7.92. The van der Waals surface area contributed by atoms with E-state index in [1.54, 1.807) is 0 Å². The Morgan fingerprint density at radius 2 is 1.77 bits per heavy atom. The van der Waals surface area contributed by atoms with Crippen molar-refractivity contribution in [2.75, 3.05) is 10.9 Å². The fourth-order valence-corrected chi connectivity index (χ4v) is 6.75. The number of anilines is 1. The van der Waals surface area contributed by atoms with Gasteiger partial charge in [-0.3, -0.25) is 4.31 Å². The van der Waals surface area contributed by atoms with E-state index < -0.39 is 51.3 Å². The fourth-order valence-electron chi connectivity index (χ4n) is 4.99. The van der Waals surface area contributed by atoms with Crippen LogP contribution in [0.15, 0.2) is 65.6 Å². The molecule has 1 fully saturated rings. The summed E-state index contributed by atoms with van der Waals surface area (Å²) in [7, 11) is -4.48. The summed E-state index contributed by atoms with van der Waals surface area (Å²) in [5, 5.41) is 12.1. The Balaban J connectivity index is 1.76. The molecule has 0 saturated carbocycles. The highest BCUT2D eigenvalue weighted by Gasteiger charge is 2.34. The maximum Gasteiger partial charge on any atom is 0.404 e. The summed E-state index contributed by atoms with van der Waals surface area (Å²) in [5.74, 6) is -2.41. The van der Waals surface area contributed by atoms with Crippen LogP contribution in [0.4, 0.5) is 23.7 Å². The maximum absolute atomic E-state index is 15.1. The standard InChI is InChI=1S/C28H28ClF3N2O5S/c1-17(23-11-7-20(30)15-18(23)4-13-25(33-28(35)36)27-3-2-14-39-27)34(26-16-21(31)8-12-24(26)32)40(37,38)22-9-5-19(29)6-10-22/h5-12,15-17,25,27,33H,2-4,13-14H2,1H3,(H,35,36)/t17-,25?,27?/m1/s1. The van der Waals surface area contributed by atoms with Gasteiger partial charge in [-0.25, -0.2) is 26.4 Å². The maximum atomic E-state index is 15.1. The van der Waals surface area contributed by atoms with E-state index >= 15 is 4.39 Å². The first kappa shape index (κ1) is 29.7. The molecule has 1 aliphatic rings. The molecule has 0 spiro atoms. The molecule has 1 saturated heterocycles. The smallest absolute Gasteiger partial charge is 0.404 e. The summed E-state index contributed by atoms with van der Waals surface area (Å²) < 4.78 is 78.0. The van der Waals surface area contributed by atoms with Crippen LogP contribution in [-0.4, -0.2) is 38.4 Å². The lowest BCUT2D eigenvalue weighted by Gasteiger charge is -2.32. The van der Waals surface area contributed by atoms with Gasteiger partial charge in [-0.15, -0.1) is 0 Å². The number of sulfonamides is 1. The van der Waals surface area contributed by atoms with Gasteiger partial charge in [-0.1, -0.05) is 17.7 Å². The largest absolute Gasteiger partial charge is 0.465 e. The van der Waals surface area contributed by atoms with E-state index in [1.165, 1.54) is 43.3 Å². The van der Waals surface area contributed by atoms with Gasteiger partial charge in [0, 0.05) is 17.7 Å². The number of hydrogen-bond acceptors (Lipinski definition) is 4. The first-order chi connectivity index (χ1) is 19.0. The fraction of sp³-hybridized carbons (Fsp3) is 0.321. The van der Waals surface area contributed by atoms with Gasteiger partial charge in [0.05, 0.1) is 28.8 Å². The van der Waals surface area contributed by atoms with Crippen LogP contribution in [0.5, 0.6) is 0 Å². The molecule has 2 unspecified atom stereocenters. The number of nitrogens with zero attached hydrogens (tertiary/aromatic N) is 1. The van der Waals surface area contributed by atoms with E-state index in [-0.39, 0.29) is 28.9 Å². The second kappa shape index (κ2) is 12.5. The van der Waals surface area contributed by atoms with E-state index in [4.69, 9.17) is 16.3 Å².